The highest BCUT2D eigenvalue weighted by molar-refractivity contribution is 14.0. The first-order chi connectivity index (χ1) is 12.7. The molecule has 1 heterocycles. The lowest BCUT2D eigenvalue weighted by atomic mass is 10.2. The van der Waals surface area contributed by atoms with Gasteiger partial charge >= 0.3 is 0 Å². The number of halogens is 1. The second-order valence-corrected chi connectivity index (χ2v) is 5.73. The van der Waals surface area contributed by atoms with Gasteiger partial charge in [-0.05, 0) is 36.8 Å². The molecule has 0 saturated carbocycles. The lowest BCUT2D eigenvalue weighted by Crippen LogP contribution is -2.36. The van der Waals surface area contributed by atoms with E-state index in [1.165, 1.54) is 0 Å². The summed E-state index contributed by atoms with van der Waals surface area (Å²) >= 11 is 0. The molecular formula is C20H23IN4O2. The molecule has 0 bridgehead atoms. The molecule has 27 heavy (non-hydrogen) atoms. The zero-order chi connectivity index (χ0) is 18.2. The maximum atomic E-state index is 9.53. The molecule has 2 aromatic carbocycles. The van der Waals surface area contributed by atoms with Crippen LogP contribution < -0.4 is 10.6 Å². The molecule has 0 amide bonds. The van der Waals surface area contributed by atoms with E-state index >= 15 is 0 Å². The highest BCUT2D eigenvalue weighted by Gasteiger charge is 2.07. The molecule has 0 aliphatic rings. The highest BCUT2D eigenvalue weighted by atomic mass is 127. The van der Waals surface area contributed by atoms with Crippen LogP contribution in [0.1, 0.15) is 18.2 Å². The Balaban J connectivity index is 0.00000261. The van der Waals surface area contributed by atoms with E-state index in [4.69, 9.17) is 4.42 Å². The number of aromatic nitrogens is 1. The predicted octanol–water partition coefficient (Wildman–Crippen LogP) is 3.92. The molecule has 0 radical (unpaired) electrons. The van der Waals surface area contributed by atoms with E-state index < -0.39 is 0 Å². The third kappa shape index (κ3) is 6.28. The summed E-state index contributed by atoms with van der Waals surface area (Å²) < 4.78 is 5.55. The van der Waals surface area contributed by atoms with Crippen molar-refractivity contribution in [2.24, 2.45) is 4.99 Å². The SMILES string of the molecule is CCNC(=NCc1cccc(O)c1)NCc1coc(-c2ccccc2)n1.I. The minimum absolute atomic E-state index is 0. The Morgan fingerprint density at radius 1 is 1.11 bits per heavy atom. The Bertz CT molecular complexity index is 865. The smallest absolute Gasteiger partial charge is 0.226 e. The van der Waals surface area contributed by atoms with E-state index in [0.717, 1.165) is 23.4 Å². The molecule has 0 saturated heterocycles. The van der Waals surface area contributed by atoms with E-state index in [1.54, 1.807) is 24.5 Å². The zero-order valence-corrected chi connectivity index (χ0v) is 17.4. The van der Waals surface area contributed by atoms with Gasteiger partial charge in [0.15, 0.2) is 5.96 Å². The molecular weight excluding hydrogens is 455 g/mol. The number of phenols is 1. The van der Waals surface area contributed by atoms with Gasteiger partial charge in [-0.1, -0.05) is 30.3 Å². The zero-order valence-electron chi connectivity index (χ0n) is 15.1. The molecule has 0 spiro atoms. The number of nitrogens with zero attached hydrogens (tertiary/aromatic N) is 2. The van der Waals surface area contributed by atoms with Crippen molar-refractivity contribution in [3.63, 3.8) is 0 Å². The van der Waals surface area contributed by atoms with Crippen LogP contribution in [0, 0.1) is 0 Å². The van der Waals surface area contributed by atoms with Crippen molar-refractivity contribution in [1.82, 2.24) is 15.6 Å². The number of oxazole rings is 1. The first-order valence-corrected chi connectivity index (χ1v) is 8.54. The molecule has 3 rings (SSSR count). The standard InChI is InChI=1S/C20H22N4O2.HI/c1-2-21-20(22-12-15-7-6-10-18(25)11-15)23-13-17-14-26-19(24-17)16-8-4-3-5-9-16;/h3-11,14,25H,2,12-13H2,1H3,(H2,21,22,23);1H. The summed E-state index contributed by atoms with van der Waals surface area (Å²) in [5.41, 5.74) is 2.69. The van der Waals surface area contributed by atoms with Gasteiger partial charge in [-0.25, -0.2) is 9.98 Å². The maximum absolute atomic E-state index is 9.53. The van der Waals surface area contributed by atoms with Crippen LogP contribution in [0.2, 0.25) is 0 Å². The van der Waals surface area contributed by atoms with Crippen molar-refractivity contribution in [2.75, 3.05) is 6.54 Å². The lowest BCUT2D eigenvalue weighted by molar-refractivity contribution is 0.474. The second-order valence-electron chi connectivity index (χ2n) is 5.73. The molecule has 3 aromatic rings. The maximum Gasteiger partial charge on any atom is 0.226 e. The fourth-order valence-corrected chi connectivity index (χ4v) is 2.44. The third-order valence-corrected chi connectivity index (χ3v) is 3.68. The fourth-order valence-electron chi connectivity index (χ4n) is 2.44. The number of guanidine groups is 1. The average Bonchev–Trinajstić information content (AvgIpc) is 3.14. The molecule has 0 atom stereocenters. The van der Waals surface area contributed by atoms with E-state index in [2.05, 4.69) is 20.6 Å². The first kappa shape index (κ1) is 20.8. The number of hydrogen-bond acceptors (Lipinski definition) is 4. The second kappa shape index (κ2) is 10.6. The number of rotatable bonds is 6. The van der Waals surface area contributed by atoms with Crippen molar-refractivity contribution in [3.05, 3.63) is 72.1 Å². The predicted molar refractivity (Wildman–Crippen MR) is 117 cm³/mol. The summed E-state index contributed by atoms with van der Waals surface area (Å²) in [4.78, 5) is 9.03. The van der Waals surface area contributed by atoms with Crippen LogP contribution in [-0.2, 0) is 13.1 Å². The fraction of sp³-hybridized carbons (Fsp3) is 0.200. The number of hydrogen-bond donors (Lipinski definition) is 3. The van der Waals surface area contributed by atoms with Gasteiger partial charge in [-0.3, -0.25) is 0 Å². The summed E-state index contributed by atoms with van der Waals surface area (Å²) in [5.74, 6) is 1.52. The molecule has 7 heteroatoms. The number of phenolic OH excluding ortho intramolecular Hbond substituents is 1. The Kier molecular flexibility index (Phi) is 8.12. The summed E-state index contributed by atoms with van der Waals surface area (Å²) in [5, 5.41) is 16.0. The lowest BCUT2D eigenvalue weighted by Gasteiger charge is -2.10. The number of aliphatic imine (C=N–C) groups is 1. The number of nitrogens with one attached hydrogen (secondary N) is 2. The van der Waals surface area contributed by atoms with E-state index in [0.29, 0.717) is 24.9 Å². The minimum Gasteiger partial charge on any atom is -0.508 e. The molecule has 142 valence electrons. The molecule has 0 fully saturated rings. The van der Waals surface area contributed by atoms with Crippen LogP contribution in [0.25, 0.3) is 11.5 Å². The van der Waals surface area contributed by atoms with Gasteiger partial charge in [-0.2, -0.15) is 0 Å². The molecule has 0 aliphatic heterocycles. The van der Waals surface area contributed by atoms with Crippen LogP contribution in [0.4, 0.5) is 0 Å². The third-order valence-electron chi connectivity index (χ3n) is 3.68. The van der Waals surface area contributed by atoms with Crippen molar-refractivity contribution in [1.29, 1.82) is 0 Å². The van der Waals surface area contributed by atoms with E-state index in [9.17, 15) is 5.11 Å². The van der Waals surface area contributed by atoms with Crippen LogP contribution >= 0.6 is 24.0 Å². The van der Waals surface area contributed by atoms with Crippen molar-refractivity contribution in [2.45, 2.75) is 20.0 Å². The number of benzene rings is 2. The van der Waals surface area contributed by atoms with Gasteiger partial charge in [0.2, 0.25) is 5.89 Å². The topological polar surface area (TPSA) is 82.7 Å². The highest BCUT2D eigenvalue weighted by Crippen LogP contribution is 2.17. The largest absolute Gasteiger partial charge is 0.508 e. The summed E-state index contributed by atoms with van der Waals surface area (Å²) in [6.07, 6.45) is 1.65. The van der Waals surface area contributed by atoms with Crippen molar-refractivity contribution in [3.8, 4) is 17.2 Å². The van der Waals surface area contributed by atoms with Crippen LogP contribution in [0.3, 0.4) is 0 Å². The molecule has 0 aliphatic carbocycles. The Morgan fingerprint density at radius 3 is 2.67 bits per heavy atom. The van der Waals surface area contributed by atoms with Gasteiger partial charge < -0.3 is 20.2 Å². The van der Waals surface area contributed by atoms with Gasteiger partial charge in [0, 0.05) is 12.1 Å². The quantitative estimate of drug-likeness (QED) is 0.284. The minimum atomic E-state index is 0. The Morgan fingerprint density at radius 2 is 1.93 bits per heavy atom. The van der Waals surface area contributed by atoms with Gasteiger partial charge in [0.05, 0.1) is 18.8 Å². The van der Waals surface area contributed by atoms with Gasteiger partial charge in [0.25, 0.3) is 0 Å². The summed E-state index contributed by atoms with van der Waals surface area (Å²) in [7, 11) is 0. The average molecular weight is 478 g/mol. The molecule has 0 unspecified atom stereocenters. The Labute approximate surface area is 175 Å². The van der Waals surface area contributed by atoms with Crippen LogP contribution in [0.5, 0.6) is 5.75 Å². The van der Waals surface area contributed by atoms with E-state index in [-0.39, 0.29) is 29.7 Å². The summed E-state index contributed by atoms with van der Waals surface area (Å²) in [6.45, 7) is 3.73. The van der Waals surface area contributed by atoms with Crippen LogP contribution in [-0.4, -0.2) is 22.6 Å². The van der Waals surface area contributed by atoms with Gasteiger partial charge in [-0.15, -0.1) is 24.0 Å². The summed E-state index contributed by atoms with van der Waals surface area (Å²) in [6, 6.07) is 16.9. The number of aromatic hydroxyl groups is 1. The molecule has 3 N–H and O–H groups in total. The molecule has 1 aromatic heterocycles. The monoisotopic (exact) mass is 478 g/mol. The first-order valence-electron chi connectivity index (χ1n) is 8.54. The van der Waals surface area contributed by atoms with E-state index in [1.807, 2.05) is 43.3 Å². The molecule has 6 nitrogen and oxygen atoms in total. The van der Waals surface area contributed by atoms with Gasteiger partial charge in [0.1, 0.15) is 12.0 Å². The Hall–Kier alpha value is -2.55. The van der Waals surface area contributed by atoms with Crippen molar-refractivity contribution >= 4 is 29.9 Å². The van der Waals surface area contributed by atoms with Crippen LogP contribution in [0.15, 0.2) is 70.3 Å². The normalized spacial score (nSPS) is 10.9. The van der Waals surface area contributed by atoms with Crippen molar-refractivity contribution < 1.29 is 9.52 Å².